The Kier molecular flexibility index (Phi) is 4.43. The molecule has 3 nitrogen and oxygen atoms in total. The summed E-state index contributed by atoms with van der Waals surface area (Å²) >= 11 is 5.72. The van der Waals surface area contributed by atoms with Gasteiger partial charge in [0.05, 0.1) is 12.1 Å². The van der Waals surface area contributed by atoms with Crippen molar-refractivity contribution in [3.05, 3.63) is 40.8 Å². The van der Waals surface area contributed by atoms with Crippen LogP contribution in [0.1, 0.15) is 12.6 Å². The second-order valence-corrected chi connectivity index (χ2v) is 3.28. The average Bonchev–Trinajstić information content (AvgIpc) is 2.27. The number of pyridine rings is 1. The maximum absolute atomic E-state index is 11.5. The first-order chi connectivity index (χ1) is 7.22. The Hall–Kier alpha value is -1.22. The zero-order chi connectivity index (χ0) is 11.3. The third-order valence-corrected chi connectivity index (χ3v) is 2.29. The van der Waals surface area contributed by atoms with Crippen LogP contribution in [0.4, 0.5) is 0 Å². The van der Waals surface area contributed by atoms with Crippen LogP contribution in [0.15, 0.2) is 29.7 Å². The zero-order valence-electron chi connectivity index (χ0n) is 8.70. The summed E-state index contributed by atoms with van der Waals surface area (Å²) in [5.41, 5.74) is 0.660. The maximum atomic E-state index is 11.5. The van der Waals surface area contributed by atoms with Crippen LogP contribution in [0.5, 0.6) is 5.75 Å². The van der Waals surface area contributed by atoms with Gasteiger partial charge in [-0.15, -0.1) is 11.6 Å². The molecule has 1 rings (SSSR count). The summed E-state index contributed by atoms with van der Waals surface area (Å²) in [6, 6.07) is 1.51. The molecule has 1 heterocycles. The first-order valence-corrected chi connectivity index (χ1v) is 5.29. The molecule has 15 heavy (non-hydrogen) atoms. The number of hydrogen-bond donors (Lipinski definition) is 0. The Balaban J connectivity index is 3.08. The minimum absolute atomic E-state index is 0.141. The molecule has 0 fully saturated rings. The molecule has 0 aliphatic carbocycles. The summed E-state index contributed by atoms with van der Waals surface area (Å²) in [5, 5.41) is 0. The monoisotopic (exact) mass is 227 g/mol. The van der Waals surface area contributed by atoms with E-state index in [1.165, 1.54) is 6.07 Å². The quantitative estimate of drug-likeness (QED) is 0.570. The molecule has 0 saturated carbocycles. The Morgan fingerprint density at radius 2 is 2.40 bits per heavy atom. The van der Waals surface area contributed by atoms with E-state index >= 15 is 0 Å². The first-order valence-electron chi connectivity index (χ1n) is 4.76. The van der Waals surface area contributed by atoms with Crippen molar-refractivity contribution in [2.24, 2.45) is 0 Å². The molecule has 0 aliphatic heterocycles. The number of aryl methyl sites for hydroxylation is 1. The largest absolute Gasteiger partial charge is 0.484 e. The highest BCUT2D eigenvalue weighted by molar-refractivity contribution is 6.16. The molecule has 0 spiro atoms. The molecule has 82 valence electrons. The molecular weight excluding hydrogens is 214 g/mol. The number of rotatable bonds is 5. The molecule has 0 radical (unpaired) electrons. The van der Waals surface area contributed by atoms with Gasteiger partial charge in [-0.25, -0.2) is 0 Å². The molecule has 4 heteroatoms. The van der Waals surface area contributed by atoms with Crippen molar-refractivity contribution in [3.63, 3.8) is 0 Å². The van der Waals surface area contributed by atoms with Gasteiger partial charge in [-0.05, 0) is 6.92 Å². The molecule has 0 N–H and O–H groups in total. The normalized spacial score (nSPS) is 10.0. The Morgan fingerprint density at radius 3 is 2.93 bits per heavy atom. The van der Waals surface area contributed by atoms with Crippen molar-refractivity contribution < 1.29 is 4.74 Å². The number of alkyl halides is 1. The summed E-state index contributed by atoms with van der Waals surface area (Å²) < 4.78 is 7.13. The van der Waals surface area contributed by atoms with Crippen molar-refractivity contribution in [2.45, 2.75) is 19.3 Å². The molecule has 0 aliphatic rings. The van der Waals surface area contributed by atoms with Crippen molar-refractivity contribution >= 4 is 11.6 Å². The minimum Gasteiger partial charge on any atom is -0.484 e. The Morgan fingerprint density at radius 1 is 1.67 bits per heavy atom. The number of hydrogen-bond acceptors (Lipinski definition) is 2. The molecule has 1 aromatic heterocycles. The van der Waals surface area contributed by atoms with Crippen LogP contribution >= 0.6 is 11.6 Å². The van der Waals surface area contributed by atoms with Crippen molar-refractivity contribution in [2.75, 3.05) is 6.61 Å². The number of nitrogens with zero attached hydrogens (tertiary/aromatic N) is 1. The van der Waals surface area contributed by atoms with Gasteiger partial charge in [-0.1, -0.05) is 12.7 Å². The zero-order valence-corrected chi connectivity index (χ0v) is 9.46. The average molecular weight is 228 g/mol. The molecule has 0 bridgehead atoms. The van der Waals surface area contributed by atoms with E-state index in [0.29, 0.717) is 18.2 Å². The van der Waals surface area contributed by atoms with E-state index in [2.05, 4.69) is 6.58 Å². The predicted octanol–water partition coefficient (Wildman–Crippen LogP) is 2.17. The highest BCUT2D eigenvalue weighted by Crippen LogP contribution is 2.09. The smallest absolute Gasteiger partial charge is 0.223 e. The Labute approximate surface area is 93.9 Å². The van der Waals surface area contributed by atoms with E-state index in [1.54, 1.807) is 12.3 Å². The van der Waals surface area contributed by atoms with Crippen molar-refractivity contribution in [1.29, 1.82) is 0 Å². The lowest BCUT2D eigenvalue weighted by atomic mass is 10.3. The molecule has 0 atom stereocenters. The SMILES string of the molecule is C=CCOc1cn(CC)c(CCl)cc1=O. The topological polar surface area (TPSA) is 31.2 Å². The summed E-state index contributed by atoms with van der Waals surface area (Å²) in [7, 11) is 0. The molecular formula is C11H14ClNO2. The van der Waals surface area contributed by atoms with E-state index in [1.807, 2.05) is 11.5 Å². The highest BCUT2D eigenvalue weighted by Gasteiger charge is 2.05. The van der Waals surface area contributed by atoms with Gasteiger partial charge in [0.1, 0.15) is 6.61 Å². The third-order valence-electron chi connectivity index (χ3n) is 2.02. The van der Waals surface area contributed by atoms with Crippen LogP contribution in [-0.4, -0.2) is 11.2 Å². The lowest BCUT2D eigenvalue weighted by Crippen LogP contribution is -2.14. The van der Waals surface area contributed by atoms with E-state index in [0.717, 1.165) is 12.2 Å². The summed E-state index contributed by atoms with van der Waals surface area (Å²) in [4.78, 5) is 11.5. The van der Waals surface area contributed by atoms with E-state index in [9.17, 15) is 4.79 Å². The second-order valence-electron chi connectivity index (χ2n) is 3.01. The number of ether oxygens (including phenoxy) is 1. The molecule has 0 saturated heterocycles. The lowest BCUT2D eigenvalue weighted by Gasteiger charge is -2.11. The second kappa shape index (κ2) is 5.61. The van der Waals surface area contributed by atoms with Crippen LogP contribution < -0.4 is 10.2 Å². The fourth-order valence-corrected chi connectivity index (χ4v) is 1.49. The van der Waals surface area contributed by atoms with Gasteiger partial charge >= 0.3 is 0 Å². The fourth-order valence-electron chi connectivity index (χ4n) is 1.26. The van der Waals surface area contributed by atoms with Gasteiger partial charge in [-0.2, -0.15) is 0 Å². The highest BCUT2D eigenvalue weighted by atomic mass is 35.5. The van der Waals surface area contributed by atoms with Crippen LogP contribution in [0.25, 0.3) is 0 Å². The number of halogens is 1. The summed E-state index contributed by atoms with van der Waals surface area (Å²) in [5.74, 6) is 0.663. The molecule has 0 unspecified atom stereocenters. The minimum atomic E-state index is -0.141. The molecule has 1 aromatic rings. The summed E-state index contributed by atoms with van der Waals surface area (Å²) in [6.45, 7) is 6.60. The van der Waals surface area contributed by atoms with Gasteiger partial charge in [0.25, 0.3) is 0 Å². The van der Waals surface area contributed by atoms with Crippen molar-refractivity contribution in [3.8, 4) is 5.75 Å². The Bertz CT molecular complexity index is 398. The van der Waals surface area contributed by atoms with Crippen LogP contribution in [0.3, 0.4) is 0 Å². The summed E-state index contributed by atoms with van der Waals surface area (Å²) in [6.07, 6.45) is 3.29. The molecule has 0 aromatic carbocycles. The van der Waals surface area contributed by atoms with E-state index < -0.39 is 0 Å². The van der Waals surface area contributed by atoms with E-state index in [-0.39, 0.29) is 5.43 Å². The van der Waals surface area contributed by atoms with Crippen molar-refractivity contribution in [1.82, 2.24) is 4.57 Å². The lowest BCUT2D eigenvalue weighted by molar-refractivity contribution is 0.355. The van der Waals surface area contributed by atoms with Crippen LogP contribution in [0.2, 0.25) is 0 Å². The maximum Gasteiger partial charge on any atom is 0.223 e. The third kappa shape index (κ3) is 2.86. The van der Waals surface area contributed by atoms with Gasteiger partial charge in [0.15, 0.2) is 5.75 Å². The predicted molar refractivity (Wildman–Crippen MR) is 61.6 cm³/mol. The van der Waals surface area contributed by atoms with Crippen LogP contribution in [0, 0.1) is 0 Å². The van der Waals surface area contributed by atoms with Crippen LogP contribution in [-0.2, 0) is 12.4 Å². The van der Waals surface area contributed by atoms with Gasteiger partial charge in [0.2, 0.25) is 5.43 Å². The standard InChI is InChI=1S/C11H14ClNO2/c1-3-5-15-11-8-13(4-2)9(7-12)6-10(11)14/h3,6,8H,1,4-5,7H2,2H3. The number of aromatic nitrogens is 1. The van der Waals surface area contributed by atoms with Gasteiger partial charge in [-0.3, -0.25) is 4.79 Å². The van der Waals surface area contributed by atoms with E-state index in [4.69, 9.17) is 16.3 Å². The fraction of sp³-hybridized carbons (Fsp3) is 0.364. The first kappa shape index (κ1) is 11.9. The van der Waals surface area contributed by atoms with Gasteiger partial charge in [0, 0.05) is 18.3 Å². The van der Waals surface area contributed by atoms with Gasteiger partial charge < -0.3 is 9.30 Å². The molecule has 0 amide bonds.